The third kappa shape index (κ3) is 2.60. The molecular weight excluding hydrogens is 174 g/mol. The molecule has 0 saturated carbocycles. The van der Waals surface area contributed by atoms with Crippen molar-refractivity contribution in [2.45, 2.75) is 0 Å². The molecule has 0 fully saturated rings. The van der Waals surface area contributed by atoms with E-state index < -0.39 is 0 Å². The molecule has 0 aliphatic carbocycles. The minimum absolute atomic E-state index is 0.294. The fourth-order valence-corrected chi connectivity index (χ4v) is 0.737. The van der Waals surface area contributed by atoms with Crippen molar-refractivity contribution in [2.75, 3.05) is 5.73 Å². The second kappa shape index (κ2) is 5.16. The summed E-state index contributed by atoms with van der Waals surface area (Å²) in [6.45, 7) is 0. The van der Waals surface area contributed by atoms with E-state index in [2.05, 4.69) is 17.8 Å². The maximum atomic E-state index is 6.87. The van der Waals surface area contributed by atoms with Crippen LogP contribution in [0.15, 0.2) is 12.1 Å². The summed E-state index contributed by atoms with van der Waals surface area (Å²) in [5.74, 6) is 0.294. The lowest BCUT2D eigenvalue weighted by atomic mass is 10.3. The van der Waals surface area contributed by atoms with Crippen LogP contribution in [0.25, 0.3) is 0 Å². The molecule has 62 valence electrons. The van der Waals surface area contributed by atoms with Crippen molar-refractivity contribution < 1.29 is 0 Å². The Labute approximate surface area is 76.1 Å². The summed E-state index contributed by atoms with van der Waals surface area (Å²) < 4.78 is 0. The van der Waals surface area contributed by atoms with Crippen LogP contribution >= 0.6 is 11.6 Å². The number of nitrogens with two attached hydrogens (primary N) is 1. The van der Waals surface area contributed by atoms with Crippen LogP contribution < -0.4 is 5.73 Å². The number of aromatic nitrogens is 1. The lowest BCUT2D eigenvalue weighted by molar-refractivity contribution is 1.32. The Morgan fingerprint density at radius 2 is 2.08 bits per heavy atom. The lowest BCUT2D eigenvalue weighted by Gasteiger charge is -1.96. The second-order valence-electron chi connectivity index (χ2n) is 1.75. The van der Waals surface area contributed by atoms with E-state index in [0.29, 0.717) is 16.5 Å². The first-order valence-electron chi connectivity index (χ1n) is 3.00. The molecule has 0 spiro atoms. The molecule has 0 aliphatic heterocycles. The van der Waals surface area contributed by atoms with E-state index in [9.17, 15) is 0 Å². The van der Waals surface area contributed by atoms with E-state index >= 15 is 0 Å². The van der Waals surface area contributed by atoms with Gasteiger partial charge in [0, 0.05) is 11.8 Å². The summed E-state index contributed by atoms with van der Waals surface area (Å²) in [5.41, 5.74) is 5.97. The van der Waals surface area contributed by atoms with Gasteiger partial charge in [-0.3, -0.25) is 0 Å². The predicted molar refractivity (Wildman–Crippen MR) is 51.4 cm³/mol. The molecule has 1 rings (SSSR count). The van der Waals surface area contributed by atoms with Crippen LogP contribution in [0.3, 0.4) is 0 Å². The highest BCUT2D eigenvalue weighted by Gasteiger charge is 1.95. The zero-order valence-corrected chi connectivity index (χ0v) is 7.05. The van der Waals surface area contributed by atoms with Gasteiger partial charge in [-0.2, -0.15) is 0 Å². The molecule has 3 nitrogen and oxygen atoms in total. The molecule has 4 heteroatoms. The topological polar surface area (TPSA) is 62.8 Å². The Balaban J connectivity index is 0.000000561. The molecule has 0 radical (unpaired) electrons. The van der Waals surface area contributed by atoms with E-state index in [1.54, 1.807) is 12.1 Å². The smallest absolute Gasteiger partial charge is 0.133 e. The minimum atomic E-state index is 0.294. The number of halogens is 1. The van der Waals surface area contributed by atoms with Crippen molar-refractivity contribution in [2.24, 2.45) is 0 Å². The molecule has 1 aromatic rings. The monoisotopic (exact) mass is 181 g/mol. The number of pyridine rings is 1. The normalized spacial score (nSPS) is 7.92. The molecule has 1 heterocycles. The number of terminal acetylenes is 1. The van der Waals surface area contributed by atoms with Gasteiger partial charge in [0.25, 0.3) is 0 Å². The first kappa shape index (κ1) is 10.5. The van der Waals surface area contributed by atoms with Crippen LogP contribution in [0, 0.1) is 18.3 Å². The highest BCUT2D eigenvalue weighted by Crippen LogP contribution is 2.10. The van der Waals surface area contributed by atoms with Gasteiger partial charge in [-0.05, 0) is 12.1 Å². The minimum Gasteiger partial charge on any atom is -0.383 e. The SMILES string of the molecule is C#C.N=Cc1ccc(Cl)nc1N. The van der Waals surface area contributed by atoms with Gasteiger partial charge in [0.15, 0.2) is 0 Å². The summed E-state index contributed by atoms with van der Waals surface area (Å²) in [5, 5.41) is 7.22. The van der Waals surface area contributed by atoms with Crippen molar-refractivity contribution in [1.29, 1.82) is 5.41 Å². The molecule has 3 N–H and O–H groups in total. The van der Waals surface area contributed by atoms with Crippen LogP contribution in [-0.4, -0.2) is 11.2 Å². The molecule has 0 unspecified atom stereocenters. The average molecular weight is 182 g/mol. The predicted octanol–water partition coefficient (Wildman–Crippen LogP) is 1.56. The fraction of sp³-hybridized carbons (Fsp3) is 0. The van der Waals surface area contributed by atoms with Crippen molar-refractivity contribution in [3.63, 3.8) is 0 Å². The number of hydrogen-bond acceptors (Lipinski definition) is 3. The van der Waals surface area contributed by atoms with E-state index in [1.165, 1.54) is 0 Å². The third-order valence-corrected chi connectivity index (χ3v) is 1.29. The largest absolute Gasteiger partial charge is 0.383 e. The van der Waals surface area contributed by atoms with Crippen molar-refractivity contribution in [3.05, 3.63) is 22.8 Å². The van der Waals surface area contributed by atoms with E-state index in [4.69, 9.17) is 22.7 Å². The van der Waals surface area contributed by atoms with Gasteiger partial charge in [0.1, 0.15) is 11.0 Å². The molecule has 0 atom stereocenters. The summed E-state index contributed by atoms with van der Waals surface area (Å²) in [4.78, 5) is 3.74. The Bertz CT molecular complexity index is 294. The van der Waals surface area contributed by atoms with Crippen molar-refractivity contribution >= 4 is 23.6 Å². The average Bonchev–Trinajstić information content (AvgIpc) is 2.08. The Hall–Kier alpha value is -1.53. The van der Waals surface area contributed by atoms with Crippen molar-refractivity contribution in [1.82, 2.24) is 4.98 Å². The molecular formula is C8H8ClN3. The first-order valence-corrected chi connectivity index (χ1v) is 3.37. The molecule has 0 aliphatic rings. The van der Waals surface area contributed by atoms with E-state index in [-0.39, 0.29) is 0 Å². The first-order chi connectivity index (χ1) is 5.74. The van der Waals surface area contributed by atoms with Gasteiger partial charge in [0.05, 0.1) is 0 Å². The Kier molecular flexibility index (Phi) is 4.51. The zero-order valence-electron chi connectivity index (χ0n) is 6.29. The van der Waals surface area contributed by atoms with Gasteiger partial charge in [-0.1, -0.05) is 11.6 Å². The quantitative estimate of drug-likeness (QED) is 0.393. The maximum absolute atomic E-state index is 6.87. The van der Waals surface area contributed by atoms with Crippen LogP contribution in [0.4, 0.5) is 5.82 Å². The van der Waals surface area contributed by atoms with Gasteiger partial charge in [0.2, 0.25) is 0 Å². The molecule has 0 aromatic carbocycles. The third-order valence-electron chi connectivity index (χ3n) is 1.08. The Morgan fingerprint density at radius 1 is 1.50 bits per heavy atom. The van der Waals surface area contributed by atoms with Crippen LogP contribution in [-0.2, 0) is 0 Å². The molecule has 0 amide bonds. The summed E-state index contributed by atoms with van der Waals surface area (Å²) in [7, 11) is 0. The fourth-order valence-electron chi connectivity index (χ4n) is 0.583. The number of nitrogens with one attached hydrogen (secondary N) is 1. The maximum Gasteiger partial charge on any atom is 0.133 e. The van der Waals surface area contributed by atoms with Crippen LogP contribution in [0.1, 0.15) is 5.56 Å². The highest BCUT2D eigenvalue weighted by atomic mass is 35.5. The van der Waals surface area contributed by atoms with Crippen LogP contribution in [0.2, 0.25) is 5.15 Å². The molecule has 12 heavy (non-hydrogen) atoms. The van der Waals surface area contributed by atoms with E-state index in [1.807, 2.05) is 0 Å². The highest BCUT2D eigenvalue weighted by molar-refractivity contribution is 6.29. The van der Waals surface area contributed by atoms with Gasteiger partial charge >= 0.3 is 0 Å². The van der Waals surface area contributed by atoms with E-state index in [0.717, 1.165) is 6.21 Å². The number of rotatable bonds is 1. The number of nitrogens with zero attached hydrogens (tertiary/aromatic N) is 1. The summed E-state index contributed by atoms with van der Waals surface area (Å²) >= 11 is 5.51. The van der Waals surface area contributed by atoms with Gasteiger partial charge in [-0.25, -0.2) is 4.98 Å². The number of hydrogen-bond donors (Lipinski definition) is 2. The molecule has 0 bridgehead atoms. The molecule has 0 saturated heterocycles. The Morgan fingerprint density at radius 3 is 2.50 bits per heavy atom. The summed E-state index contributed by atoms with van der Waals surface area (Å²) in [6, 6.07) is 3.25. The van der Waals surface area contributed by atoms with Crippen molar-refractivity contribution in [3.8, 4) is 12.8 Å². The standard InChI is InChI=1S/C6H6ClN3.C2H2/c7-5-2-1-4(3-8)6(9)10-5;1-2/h1-3,8H,(H2,9,10);1-2H. The second-order valence-corrected chi connectivity index (χ2v) is 2.14. The number of nitrogen functional groups attached to an aromatic ring is 1. The van der Waals surface area contributed by atoms with Gasteiger partial charge < -0.3 is 11.1 Å². The lowest BCUT2D eigenvalue weighted by Crippen LogP contribution is -1.95. The number of anilines is 1. The molecule has 1 aromatic heterocycles. The zero-order chi connectivity index (χ0) is 9.56. The van der Waals surface area contributed by atoms with Gasteiger partial charge in [-0.15, -0.1) is 12.8 Å². The summed E-state index contributed by atoms with van der Waals surface area (Å²) in [6.07, 6.45) is 9.14. The van der Waals surface area contributed by atoms with Crippen LogP contribution in [0.5, 0.6) is 0 Å².